The van der Waals surface area contributed by atoms with Crippen molar-refractivity contribution in [3.05, 3.63) is 35.7 Å². The molecule has 0 bridgehead atoms. The van der Waals surface area contributed by atoms with Gasteiger partial charge in [-0.25, -0.2) is 0 Å². The van der Waals surface area contributed by atoms with Crippen molar-refractivity contribution < 1.29 is 9.63 Å². The maximum absolute atomic E-state index is 9.35. The summed E-state index contributed by atoms with van der Waals surface area (Å²) in [6.07, 6.45) is -0.712. The zero-order valence-electron chi connectivity index (χ0n) is 11.1. The summed E-state index contributed by atoms with van der Waals surface area (Å²) >= 11 is 0. The summed E-state index contributed by atoms with van der Waals surface area (Å²) in [7, 11) is 0. The molecule has 96 valence electrons. The van der Waals surface area contributed by atoms with Crippen LogP contribution in [0.15, 0.2) is 28.8 Å². The highest BCUT2D eigenvalue weighted by Gasteiger charge is 2.15. The lowest BCUT2D eigenvalue weighted by atomic mass is 9.87. The van der Waals surface area contributed by atoms with Gasteiger partial charge in [0.05, 0.1) is 0 Å². The van der Waals surface area contributed by atoms with E-state index in [9.17, 15) is 5.11 Å². The summed E-state index contributed by atoms with van der Waals surface area (Å²) in [5, 5.41) is 13.1. The van der Waals surface area contributed by atoms with Gasteiger partial charge in [0, 0.05) is 5.56 Å². The molecule has 1 N–H and O–H groups in total. The van der Waals surface area contributed by atoms with Crippen molar-refractivity contribution in [2.75, 3.05) is 0 Å². The highest BCUT2D eigenvalue weighted by atomic mass is 16.5. The largest absolute Gasteiger partial charge is 0.385 e. The lowest BCUT2D eigenvalue weighted by molar-refractivity contribution is 0.184. The number of aliphatic hydroxyl groups excluding tert-OH is 1. The fourth-order valence-electron chi connectivity index (χ4n) is 1.63. The summed E-state index contributed by atoms with van der Waals surface area (Å²) in [4.78, 5) is 4.14. The van der Waals surface area contributed by atoms with E-state index in [0.717, 1.165) is 5.56 Å². The van der Waals surface area contributed by atoms with Crippen LogP contribution in [0.25, 0.3) is 11.5 Å². The third-order valence-corrected chi connectivity index (χ3v) is 2.81. The molecule has 4 heteroatoms. The summed E-state index contributed by atoms with van der Waals surface area (Å²) in [5.41, 5.74) is 2.24. The molecular formula is C14H18N2O2. The number of hydrogen-bond donors (Lipinski definition) is 1. The van der Waals surface area contributed by atoms with Gasteiger partial charge in [-0.15, -0.1) is 0 Å². The van der Waals surface area contributed by atoms with E-state index >= 15 is 0 Å². The minimum atomic E-state index is -0.712. The highest BCUT2D eigenvalue weighted by Crippen LogP contribution is 2.25. The molecule has 0 radical (unpaired) electrons. The third kappa shape index (κ3) is 2.59. The quantitative estimate of drug-likeness (QED) is 0.884. The number of rotatable bonds is 2. The van der Waals surface area contributed by atoms with Gasteiger partial charge in [-0.3, -0.25) is 0 Å². The molecule has 0 aliphatic heterocycles. The third-order valence-electron chi connectivity index (χ3n) is 2.81. The first kappa shape index (κ1) is 12.8. The van der Waals surface area contributed by atoms with Crippen LogP contribution >= 0.6 is 0 Å². The predicted octanol–water partition coefficient (Wildman–Crippen LogP) is 3.09. The van der Waals surface area contributed by atoms with Crippen LogP contribution < -0.4 is 0 Å². The van der Waals surface area contributed by atoms with E-state index in [0.29, 0.717) is 11.7 Å². The Morgan fingerprint density at radius 3 is 2.22 bits per heavy atom. The lowest BCUT2D eigenvalue weighted by Crippen LogP contribution is -2.10. The van der Waals surface area contributed by atoms with Crippen molar-refractivity contribution in [2.24, 2.45) is 0 Å². The molecule has 1 aromatic carbocycles. The molecular weight excluding hydrogens is 228 g/mol. The molecule has 0 saturated carbocycles. The second-order valence-electron chi connectivity index (χ2n) is 5.46. The fraction of sp³-hybridized carbons (Fsp3) is 0.429. The van der Waals surface area contributed by atoms with Gasteiger partial charge in [0.1, 0.15) is 6.10 Å². The number of aromatic nitrogens is 2. The van der Waals surface area contributed by atoms with E-state index in [2.05, 4.69) is 43.0 Å². The first-order valence-corrected chi connectivity index (χ1v) is 6.00. The minimum Gasteiger partial charge on any atom is -0.385 e. The van der Waals surface area contributed by atoms with E-state index in [-0.39, 0.29) is 5.41 Å². The van der Waals surface area contributed by atoms with Crippen LogP contribution in [-0.2, 0) is 5.41 Å². The zero-order chi connectivity index (χ0) is 13.3. The Kier molecular flexibility index (Phi) is 3.22. The normalized spacial score (nSPS) is 13.6. The molecule has 0 fully saturated rings. The average molecular weight is 246 g/mol. The molecule has 1 unspecified atom stereocenters. The molecule has 1 atom stereocenters. The summed E-state index contributed by atoms with van der Waals surface area (Å²) in [6.45, 7) is 8.11. The van der Waals surface area contributed by atoms with Gasteiger partial charge in [-0.1, -0.05) is 38.1 Å². The zero-order valence-corrected chi connectivity index (χ0v) is 11.1. The summed E-state index contributed by atoms with van der Waals surface area (Å²) in [5.74, 6) is 0.747. The van der Waals surface area contributed by atoms with E-state index in [1.807, 2.05) is 12.1 Å². The summed E-state index contributed by atoms with van der Waals surface area (Å²) in [6, 6.07) is 8.03. The molecule has 0 amide bonds. The van der Waals surface area contributed by atoms with Crippen LogP contribution in [-0.4, -0.2) is 15.2 Å². The molecule has 18 heavy (non-hydrogen) atoms. The van der Waals surface area contributed by atoms with Crippen molar-refractivity contribution >= 4 is 0 Å². The highest BCUT2D eigenvalue weighted by molar-refractivity contribution is 5.53. The number of hydrogen-bond acceptors (Lipinski definition) is 4. The Morgan fingerprint density at radius 2 is 1.78 bits per heavy atom. The first-order chi connectivity index (χ1) is 8.38. The summed E-state index contributed by atoms with van der Waals surface area (Å²) < 4.78 is 5.12. The molecule has 2 rings (SSSR count). The standard InChI is InChI=1S/C14H18N2O2/c1-9(17)12-15-13(18-16-12)10-5-7-11(8-6-10)14(2,3)4/h5-9,17H,1-4H3. The van der Waals surface area contributed by atoms with Gasteiger partial charge in [0.15, 0.2) is 5.82 Å². The fourth-order valence-corrected chi connectivity index (χ4v) is 1.63. The molecule has 1 aromatic heterocycles. The molecule has 2 aromatic rings. The number of benzene rings is 1. The second kappa shape index (κ2) is 4.53. The monoisotopic (exact) mass is 246 g/mol. The Balaban J connectivity index is 2.29. The van der Waals surface area contributed by atoms with Crippen molar-refractivity contribution in [1.82, 2.24) is 10.1 Å². The van der Waals surface area contributed by atoms with Crippen LogP contribution in [0.4, 0.5) is 0 Å². The molecule has 0 saturated heterocycles. The van der Waals surface area contributed by atoms with Gasteiger partial charge >= 0.3 is 0 Å². The van der Waals surface area contributed by atoms with Crippen molar-refractivity contribution in [3.8, 4) is 11.5 Å². The van der Waals surface area contributed by atoms with Gasteiger partial charge in [-0.2, -0.15) is 4.98 Å². The molecule has 1 heterocycles. The van der Waals surface area contributed by atoms with Crippen molar-refractivity contribution in [2.45, 2.75) is 39.2 Å². The Hall–Kier alpha value is -1.68. The molecule has 0 aliphatic carbocycles. The smallest absolute Gasteiger partial charge is 0.258 e. The Bertz CT molecular complexity index is 521. The van der Waals surface area contributed by atoms with Crippen molar-refractivity contribution in [3.63, 3.8) is 0 Å². The van der Waals surface area contributed by atoms with Crippen LogP contribution in [0.2, 0.25) is 0 Å². The number of aliphatic hydroxyl groups is 1. The van der Waals surface area contributed by atoms with Crippen LogP contribution in [0.1, 0.15) is 45.2 Å². The van der Waals surface area contributed by atoms with E-state index in [4.69, 9.17) is 4.52 Å². The average Bonchev–Trinajstić information content (AvgIpc) is 2.77. The predicted molar refractivity (Wildman–Crippen MR) is 69.1 cm³/mol. The van der Waals surface area contributed by atoms with Crippen LogP contribution in [0.5, 0.6) is 0 Å². The molecule has 0 spiro atoms. The first-order valence-electron chi connectivity index (χ1n) is 6.00. The van der Waals surface area contributed by atoms with Crippen molar-refractivity contribution in [1.29, 1.82) is 0 Å². The topological polar surface area (TPSA) is 59.2 Å². The van der Waals surface area contributed by atoms with E-state index in [1.54, 1.807) is 6.92 Å². The van der Waals surface area contributed by atoms with Gasteiger partial charge in [0.25, 0.3) is 5.89 Å². The number of nitrogens with zero attached hydrogens (tertiary/aromatic N) is 2. The maximum Gasteiger partial charge on any atom is 0.258 e. The lowest BCUT2D eigenvalue weighted by Gasteiger charge is -2.18. The molecule has 0 aliphatic rings. The van der Waals surface area contributed by atoms with Gasteiger partial charge in [-0.05, 0) is 30.0 Å². The van der Waals surface area contributed by atoms with E-state index < -0.39 is 6.10 Å². The SMILES string of the molecule is CC(O)c1noc(-c2ccc(C(C)(C)C)cc2)n1. The van der Waals surface area contributed by atoms with Gasteiger partial charge in [0.2, 0.25) is 0 Å². The molecule has 4 nitrogen and oxygen atoms in total. The Morgan fingerprint density at radius 1 is 1.17 bits per heavy atom. The van der Waals surface area contributed by atoms with Gasteiger partial charge < -0.3 is 9.63 Å². The Labute approximate surface area is 107 Å². The maximum atomic E-state index is 9.35. The van der Waals surface area contributed by atoms with E-state index in [1.165, 1.54) is 5.56 Å². The second-order valence-corrected chi connectivity index (χ2v) is 5.46. The van der Waals surface area contributed by atoms with Crippen LogP contribution in [0, 0.1) is 0 Å². The van der Waals surface area contributed by atoms with Crippen LogP contribution in [0.3, 0.4) is 0 Å². The minimum absolute atomic E-state index is 0.123.